The van der Waals surface area contributed by atoms with Gasteiger partial charge in [-0.3, -0.25) is 0 Å². The molecule has 1 aliphatic rings. The Morgan fingerprint density at radius 2 is 2.00 bits per heavy atom. The summed E-state index contributed by atoms with van der Waals surface area (Å²) in [6.07, 6.45) is -0.898. The molecule has 0 saturated heterocycles. The van der Waals surface area contributed by atoms with Crippen LogP contribution in [0.4, 0.5) is 17.6 Å². The highest BCUT2D eigenvalue weighted by atomic mass is 19.4. The first kappa shape index (κ1) is 15.3. The lowest BCUT2D eigenvalue weighted by atomic mass is 9.98. The van der Waals surface area contributed by atoms with E-state index < -0.39 is 17.6 Å². The third-order valence-corrected chi connectivity index (χ3v) is 3.62. The van der Waals surface area contributed by atoms with Gasteiger partial charge in [0.15, 0.2) is 0 Å². The zero-order valence-electron chi connectivity index (χ0n) is 11.4. The van der Waals surface area contributed by atoms with E-state index in [0.29, 0.717) is 18.9 Å². The van der Waals surface area contributed by atoms with Crippen LogP contribution in [0.2, 0.25) is 0 Å². The normalized spacial score (nSPS) is 17.2. The second kappa shape index (κ2) is 6.12. The highest BCUT2D eigenvalue weighted by Gasteiger charge is 2.36. The molecule has 1 N–H and O–H groups in total. The number of hydrogen-bond donors (Lipinski definition) is 1. The molecule has 0 heterocycles. The van der Waals surface area contributed by atoms with Gasteiger partial charge in [-0.25, -0.2) is 4.39 Å². The molecule has 0 aliphatic heterocycles. The molecular weight excluding hydrogens is 270 g/mol. The van der Waals surface area contributed by atoms with Crippen molar-refractivity contribution in [3.63, 3.8) is 0 Å². The fraction of sp³-hybridized carbons (Fsp3) is 0.600. The van der Waals surface area contributed by atoms with E-state index in [2.05, 4.69) is 5.32 Å². The largest absolute Gasteiger partial charge is 0.419 e. The van der Waals surface area contributed by atoms with E-state index in [4.69, 9.17) is 0 Å². The van der Waals surface area contributed by atoms with Crippen LogP contribution in [0.1, 0.15) is 49.8 Å². The summed E-state index contributed by atoms with van der Waals surface area (Å²) in [5.74, 6) is -0.618. The summed E-state index contributed by atoms with van der Waals surface area (Å²) in [5.41, 5.74) is -1.03. The molecule has 1 aromatic carbocycles. The van der Waals surface area contributed by atoms with Crippen LogP contribution in [0.15, 0.2) is 18.2 Å². The summed E-state index contributed by atoms with van der Waals surface area (Å²) >= 11 is 0. The molecule has 1 nitrogen and oxygen atoms in total. The maximum Gasteiger partial charge on any atom is 0.419 e. The Kier molecular flexibility index (Phi) is 4.68. The number of nitrogens with one attached hydrogen (secondary N) is 1. The Bertz CT molecular complexity index is 452. The second-order valence-electron chi connectivity index (χ2n) is 5.39. The summed E-state index contributed by atoms with van der Waals surface area (Å²) in [6, 6.07) is 3.21. The van der Waals surface area contributed by atoms with Crippen LogP contribution in [-0.2, 0) is 6.18 Å². The zero-order chi connectivity index (χ0) is 14.8. The van der Waals surface area contributed by atoms with Gasteiger partial charge in [0.2, 0.25) is 0 Å². The van der Waals surface area contributed by atoms with Crippen LogP contribution in [0.5, 0.6) is 0 Å². The van der Waals surface area contributed by atoms with Gasteiger partial charge >= 0.3 is 6.18 Å². The van der Waals surface area contributed by atoms with Gasteiger partial charge in [0, 0.05) is 11.6 Å². The molecule has 1 aliphatic carbocycles. The van der Waals surface area contributed by atoms with Crippen molar-refractivity contribution in [2.75, 3.05) is 6.54 Å². The molecule has 1 unspecified atom stereocenters. The predicted octanol–water partition coefficient (Wildman–Crippen LogP) is 4.69. The first-order valence-corrected chi connectivity index (χ1v) is 7.02. The summed E-state index contributed by atoms with van der Waals surface area (Å²) in [5, 5.41) is 3.17. The zero-order valence-corrected chi connectivity index (χ0v) is 11.4. The Morgan fingerprint density at radius 1 is 1.30 bits per heavy atom. The van der Waals surface area contributed by atoms with Crippen molar-refractivity contribution in [3.8, 4) is 0 Å². The Balaban J connectivity index is 2.26. The van der Waals surface area contributed by atoms with Gasteiger partial charge in [0.25, 0.3) is 0 Å². The predicted molar refractivity (Wildman–Crippen MR) is 69.8 cm³/mol. The second-order valence-corrected chi connectivity index (χ2v) is 5.39. The van der Waals surface area contributed by atoms with Crippen LogP contribution in [-0.4, -0.2) is 6.54 Å². The standard InChI is InChI=1S/C15H19F4N/c1-2-8-20-13(9-10-6-7-10)11-4-3-5-12(14(11)16)15(17,18)19/h3-5,10,13,20H,2,6-9H2,1H3. The summed E-state index contributed by atoms with van der Waals surface area (Å²) in [7, 11) is 0. The maximum absolute atomic E-state index is 14.2. The molecule has 2 rings (SSSR count). The molecule has 0 aromatic heterocycles. The molecule has 1 fully saturated rings. The number of halogens is 4. The minimum atomic E-state index is -4.64. The number of hydrogen-bond acceptors (Lipinski definition) is 1. The fourth-order valence-corrected chi connectivity index (χ4v) is 2.36. The van der Waals surface area contributed by atoms with Crippen molar-refractivity contribution in [1.29, 1.82) is 0 Å². The summed E-state index contributed by atoms with van der Waals surface area (Å²) in [6.45, 7) is 2.65. The smallest absolute Gasteiger partial charge is 0.310 e. The lowest BCUT2D eigenvalue weighted by molar-refractivity contribution is -0.140. The topological polar surface area (TPSA) is 12.0 Å². The lowest BCUT2D eigenvalue weighted by Crippen LogP contribution is -2.24. The van der Waals surface area contributed by atoms with Crippen molar-refractivity contribution in [2.45, 2.75) is 44.8 Å². The van der Waals surface area contributed by atoms with E-state index in [1.54, 1.807) is 0 Å². The van der Waals surface area contributed by atoms with Crippen LogP contribution in [0, 0.1) is 11.7 Å². The van der Waals surface area contributed by atoms with Crippen LogP contribution < -0.4 is 5.32 Å². The minimum Gasteiger partial charge on any atom is -0.310 e. The van der Waals surface area contributed by atoms with E-state index in [-0.39, 0.29) is 11.6 Å². The van der Waals surface area contributed by atoms with Gasteiger partial charge in [0.1, 0.15) is 5.82 Å². The van der Waals surface area contributed by atoms with E-state index in [1.807, 2.05) is 6.92 Å². The van der Waals surface area contributed by atoms with Crippen molar-refractivity contribution in [2.24, 2.45) is 5.92 Å². The van der Waals surface area contributed by atoms with E-state index >= 15 is 0 Å². The number of benzene rings is 1. The Morgan fingerprint density at radius 3 is 2.55 bits per heavy atom. The molecule has 5 heteroatoms. The first-order chi connectivity index (χ1) is 9.43. The third-order valence-electron chi connectivity index (χ3n) is 3.62. The molecular formula is C15H19F4N. The van der Waals surface area contributed by atoms with Crippen LogP contribution in [0.3, 0.4) is 0 Å². The lowest BCUT2D eigenvalue weighted by Gasteiger charge is -2.21. The molecule has 1 aromatic rings. The number of alkyl halides is 3. The quantitative estimate of drug-likeness (QED) is 0.749. The molecule has 0 spiro atoms. The maximum atomic E-state index is 14.2. The molecule has 1 saturated carbocycles. The Hall–Kier alpha value is -1.10. The van der Waals surface area contributed by atoms with E-state index in [9.17, 15) is 17.6 Å². The monoisotopic (exact) mass is 289 g/mol. The SMILES string of the molecule is CCCNC(CC1CC1)c1cccc(C(F)(F)F)c1F. The molecule has 20 heavy (non-hydrogen) atoms. The van der Waals surface area contributed by atoms with Gasteiger partial charge in [-0.2, -0.15) is 13.2 Å². The summed E-state index contributed by atoms with van der Waals surface area (Å²) in [4.78, 5) is 0. The van der Waals surface area contributed by atoms with E-state index in [0.717, 1.165) is 25.3 Å². The van der Waals surface area contributed by atoms with Gasteiger partial charge in [-0.1, -0.05) is 31.9 Å². The fourth-order valence-electron chi connectivity index (χ4n) is 2.36. The summed E-state index contributed by atoms with van der Waals surface area (Å²) < 4.78 is 52.4. The number of rotatable bonds is 6. The van der Waals surface area contributed by atoms with Gasteiger partial charge in [-0.15, -0.1) is 0 Å². The van der Waals surface area contributed by atoms with Gasteiger partial charge in [0.05, 0.1) is 5.56 Å². The third kappa shape index (κ3) is 3.72. The highest BCUT2D eigenvalue weighted by molar-refractivity contribution is 5.30. The van der Waals surface area contributed by atoms with E-state index in [1.165, 1.54) is 12.1 Å². The van der Waals surface area contributed by atoms with Crippen molar-refractivity contribution < 1.29 is 17.6 Å². The molecule has 0 radical (unpaired) electrons. The van der Waals surface area contributed by atoms with Crippen LogP contribution >= 0.6 is 0 Å². The van der Waals surface area contributed by atoms with Gasteiger partial charge in [-0.05, 0) is 31.4 Å². The first-order valence-electron chi connectivity index (χ1n) is 7.02. The van der Waals surface area contributed by atoms with Crippen molar-refractivity contribution in [3.05, 3.63) is 35.1 Å². The molecule has 0 bridgehead atoms. The average molecular weight is 289 g/mol. The molecule has 1 atom stereocenters. The highest BCUT2D eigenvalue weighted by Crippen LogP contribution is 2.40. The average Bonchev–Trinajstić information content (AvgIpc) is 3.17. The molecule has 0 amide bonds. The van der Waals surface area contributed by atoms with Gasteiger partial charge < -0.3 is 5.32 Å². The van der Waals surface area contributed by atoms with Crippen molar-refractivity contribution >= 4 is 0 Å². The molecule has 112 valence electrons. The Labute approximate surface area is 116 Å². The van der Waals surface area contributed by atoms with Crippen LogP contribution in [0.25, 0.3) is 0 Å². The van der Waals surface area contributed by atoms with Crippen molar-refractivity contribution in [1.82, 2.24) is 5.32 Å². The minimum absolute atomic E-state index is 0.139.